The highest BCUT2D eigenvalue weighted by molar-refractivity contribution is 7.98. The first-order valence-corrected chi connectivity index (χ1v) is 5.80. The molecule has 0 amide bonds. The number of thioether (sulfide) groups is 1. The molecular formula is C9H13N3OS. The highest BCUT2D eigenvalue weighted by atomic mass is 32.2. The molecule has 0 spiro atoms. The lowest BCUT2D eigenvalue weighted by atomic mass is 10.1. The van der Waals surface area contributed by atoms with Crippen LogP contribution in [0.5, 0.6) is 0 Å². The van der Waals surface area contributed by atoms with E-state index in [1.54, 1.807) is 0 Å². The van der Waals surface area contributed by atoms with Crippen LogP contribution >= 0.6 is 11.8 Å². The molecule has 0 saturated heterocycles. The lowest BCUT2D eigenvalue weighted by Crippen LogP contribution is -2.09. The third-order valence-corrected chi connectivity index (χ3v) is 2.99. The SMILES string of the molecule is CSc1nc(CN)c2c(n1)CCC2O. The fourth-order valence-electron chi connectivity index (χ4n) is 1.78. The van der Waals surface area contributed by atoms with Crippen LogP contribution in [0.3, 0.4) is 0 Å². The minimum Gasteiger partial charge on any atom is -0.388 e. The predicted molar refractivity (Wildman–Crippen MR) is 55.0 cm³/mol. The molecule has 1 heterocycles. The van der Waals surface area contributed by atoms with Crippen molar-refractivity contribution in [1.29, 1.82) is 0 Å². The number of nitrogens with two attached hydrogens (primary N) is 1. The lowest BCUT2D eigenvalue weighted by molar-refractivity contribution is 0.178. The number of aryl methyl sites for hydroxylation is 1. The van der Waals surface area contributed by atoms with Gasteiger partial charge in [-0.15, -0.1) is 0 Å². The molecule has 1 atom stereocenters. The molecule has 1 aliphatic carbocycles. The van der Waals surface area contributed by atoms with Crippen LogP contribution in [-0.4, -0.2) is 21.3 Å². The van der Waals surface area contributed by atoms with E-state index in [0.717, 1.165) is 34.9 Å². The highest BCUT2D eigenvalue weighted by Gasteiger charge is 2.26. The van der Waals surface area contributed by atoms with E-state index in [1.165, 1.54) is 11.8 Å². The van der Waals surface area contributed by atoms with Crippen molar-refractivity contribution in [3.8, 4) is 0 Å². The summed E-state index contributed by atoms with van der Waals surface area (Å²) in [6, 6.07) is 0. The van der Waals surface area contributed by atoms with Crippen LogP contribution in [0.4, 0.5) is 0 Å². The third kappa shape index (κ3) is 1.51. The first-order chi connectivity index (χ1) is 6.76. The first-order valence-electron chi connectivity index (χ1n) is 4.58. The Kier molecular flexibility index (Phi) is 2.71. The highest BCUT2D eigenvalue weighted by Crippen LogP contribution is 2.32. The number of aliphatic hydroxyl groups is 1. The van der Waals surface area contributed by atoms with E-state index in [2.05, 4.69) is 9.97 Å². The Bertz CT molecular complexity index is 356. The molecule has 76 valence electrons. The summed E-state index contributed by atoms with van der Waals surface area (Å²) in [5.74, 6) is 0. The topological polar surface area (TPSA) is 72.0 Å². The van der Waals surface area contributed by atoms with Crippen molar-refractivity contribution in [2.24, 2.45) is 5.73 Å². The molecule has 1 aromatic rings. The minimum atomic E-state index is -0.417. The van der Waals surface area contributed by atoms with Crippen LogP contribution in [0.1, 0.15) is 29.5 Å². The molecule has 0 radical (unpaired) electrons. The smallest absolute Gasteiger partial charge is 0.187 e. The number of nitrogens with zero attached hydrogens (tertiary/aromatic N) is 2. The average molecular weight is 211 g/mol. The van der Waals surface area contributed by atoms with Gasteiger partial charge in [-0.05, 0) is 19.1 Å². The zero-order chi connectivity index (χ0) is 10.1. The molecule has 0 aliphatic heterocycles. The normalized spacial score (nSPS) is 19.8. The Morgan fingerprint density at radius 1 is 1.57 bits per heavy atom. The van der Waals surface area contributed by atoms with Crippen LogP contribution in [0.15, 0.2) is 5.16 Å². The summed E-state index contributed by atoms with van der Waals surface area (Å²) < 4.78 is 0. The van der Waals surface area contributed by atoms with E-state index < -0.39 is 6.10 Å². The maximum absolute atomic E-state index is 9.71. The summed E-state index contributed by atoms with van der Waals surface area (Å²) in [6.07, 6.45) is 3.10. The van der Waals surface area contributed by atoms with Crippen molar-refractivity contribution < 1.29 is 5.11 Å². The summed E-state index contributed by atoms with van der Waals surface area (Å²) in [5.41, 5.74) is 8.23. The van der Waals surface area contributed by atoms with Gasteiger partial charge in [0.25, 0.3) is 0 Å². The van der Waals surface area contributed by atoms with Crippen LogP contribution < -0.4 is 5.73 Å². The number of aliphatic hydroxyl groups excluding tert-OH is 1. The number of rotatable bonds is 2. The Morgan fingerprint density at radius 2 is 2.36 bits per heavy atom. The van der Waals surface area contributed by atoms with Crippen LogP contribution in [0.2, 0.25) is 0 Å². The first kappa shape index (κ1) is 9.89. The number of hydrogen-bond acceptors (Lipinski definition) is 5. The number of aromatic nitrogens is 2. The molecule has 0 aromatic carbocycles. The molecule has 4 nitrogen and oxygen atoms in total. The second kappa shape index (κ2) is 3.84. The Hall–Kier alpha value is -0.650. The third-order valence-electron chi connectivity index (χ3n) is 2.45. The summed E-state index contributed by atoms with van der Waals surface area (Å²) in [5, 5.41) is 10.5. The lowest BCUT2D eigenvalue weighted by Gasteiger charge is -2.09. The van der Waals surface area contributed by atoms with Gasteiger partial charge in [0.05, 0.1) is 17.5 Å². The molecule has 1 aliphatic rings. The largest absolute Gasteiger partial charge is 0.388 e. The van der Waals surface area contributed by atoms with Gasteiger partial charge in [0.2, 0.25) is 0 Å². The molecule has 0 saturated carbocycles. The summed E-state index contributed by atoms with van der Waals surface area (Å²) in [7, 11) is 0. The molecule has 5 heteroatoms. The van der Waals surface area contributed by atoms with Gasteiger partial charge >= 0.3 is 0 Å². The van der Waals surface area contributed by atoms with E-state index >= 15 is 0 Å². The van der Waals surface area contributed by atoms with Crippen LogP contribution in [0.25, 0.3) is 0 Å². The van der Waals surface area contributed by atoms with Gasteiger partial charge in [0.15, 0.2) is 5.16 Å². The maximum Gasteiger partial charge on any atom is 0.187 e. The van der Waals surface area contributed by atoms with E-state index in [0.29, 0.717) is 6.54 Å². The van der Waals surface area contributed by atoms with Crippen molar-refractivity contribution in [3.05, 3.63) is 17.0 Å². The quantitative estimate of drug-likeness (QED) is 0.554. The Labute approximate surface area is 86.9 Å². The van der Waals surface area contributed by atoms with Gasteiger partial charge in [-0.3, -0.25) is 0 Å². The molecule has 14 heavy (non-hydrogen) atoms. The van der Waals surface area contributed by atoms with Gasteiger partial charge in [0.1, 0.15) is 0 Å². The van der Waals surface area contributed by atoms with Crippen LogP contribution in [-0.2, 0) is 13.0 Å². The van der Waals surface area contributed by atoms with Crippen molar-refractivity contribution >= 4 is 11.8 Å². The maximum atomic E-state index is 9.71. The molecule has 0 bridgehead atoms. The van der Waals surface area contributed by atoms with E-state index in [-0.39, 0.29) is 0 Å². The average Bonchev–Trinajstić information content (AvgIpc) is 2.59. The molecule has 3 N–H and O–H groups in total. The molecule has 1 aromatic heterocycles. The standard InChI is InChI=1S/C9H13N3OS/c1-14-9-11-5-2-3-7(13)8(5)6(4-10)12-9/h7,13H,2-4,10H2,1H3. The van der Waals surface area contributed by atoms with Crippen molar-refractivity contribution in [2.75, 3.05) is 6.26 Å². The van der Waals surface area contributed by atoms with Gasteiger partial charge in [-0.1, -0.05) is 11.8 Å². The van der Waals surface area contributed by atoms with Gasteiger partial charge in [-0.25, -0.2) is 9.97 Å². The Balaban J connectivity index is 2.52. The zero-order valence-electron chi connectivity index (χ0n) is 8.03. The van der Waals surface area contributed by atoms with Gasteiger partial charge in [-0.2, -0.15) is 0 Å². The van der Waals surface area contributed by atoms with Gasteiger partial charge in [0, 0.05) is 12.1 Å². The minimum absolute atomic E-state index is 0.371. The second-order valence-electron chi connectivity index (χ2n) is 3.28. The second-order valence-corrected chi connectivity index (χ2v) is 4.05. The van der Waals surface area contributed by atoms with Crippen molar-refractivity contribution in [2.45, 2.75) is 30.6 Å². The summed E-state index contributed by atoms with van der Waals surface area (Å²) in [4.78, 5) is 8.67. The van der Waals surface area contributed by atoms with Crippen LogP contribution in [0, 0.1) is 0 Å². The number of hydrogen-bond donors (Lipinski definition) is 2. The van der Waals surface area contributed by atoms with E-state index in [4.69, 9.17) is 5.73 Å². The molecule has 0 fully saturated rings. The Morgan fingerprint density at radius 3 is 3.00 bits per heavy atom. The fraction of sp³-hybridized carbons (Fsp3) is 0.556. The number of fused-ring (bicyclic) bond motifs is 1. The van der Waals surface area contributed by atoms with E-state index in [9.17, 15) is 5.11 Å². The van der Waals surface area contributed by atoms with Crippen molar-refractivity contribution in [3.63, 3.8) is 0 Å². The monoisotopic (exact) mass is 211 g/mol. The van der Waals surface area contributed by atoms with E-state index in [1.807, 2.05) is 6.26 Å². The fourth-order valence-corrected chi connectivity index (χ4v) is 2.19. The molecule has 1 unspecified atom stereocenters. The van der Waals surface area contributed by atoms with Gasteiger partial charge < -0.3 is 10.8 Å². The zero-order valence-corrected chi connectivity index (χ0v) is 8.84. The predicted octanol–water partition coefficient (Wildman–Crippen LogP) is 0.637. The molecular weight excluding hydrogens is 198 g/mol. The summed E-state index contributed by atoms with van der Waals surface area (Å²) >= 11 is 1.51. The van der Waals surface area contributed by atoms with Crippen molar-refractivity contribution in [1.82, 2.24) is 9.97 Å². The molecule has 2 rings (SSSR count). The summed E-state index contributed by atoms with van der Waals surface area (Å²) in [6.45, 7) is 0.371.